The van der Waals surface area contributed by atoms with E-state index < -0.39 is 5.41 Å². The van der Waals surface area contributed by atoms with Crippen molar-refractivity contribution in [2.75, 3.05) is 36.0 Å². The molecule has 2 aromatic heterocycles. The molecule has 0 radical (unpaired) electrons. The van der Waals surface area contributed by atoms with Crippen LogP contribution in [0.5, 0.6) is 0 Å². The highest BCUT2D eigenvalue weighted by atomic mass is 79.9. The molecule has 38 heavy (non-hydrogen) atoms. The van der Waals surface area contributed by atoms with Gasteiger partial charge in [0.25, 0.3) is 5.91 Å². The number of nitrogens with one attached hydrogen (secondary N) is 1. The number of pyridine rings is 1. The van der Waals surface area contributed by atoms with Gasteiger partial charge in [0.1, 0.15) is 16.8 Å². The lowest BCUT2D eigenvalue weighted by atomic mass is 10.1. The van der Waals surface area contributed by atoms with Gasteiger partial charge in [-0.25, -0.2) is 9.37 Å². The summed E-state index contributed by atoms with van der Waals surface area (Å²) in [6.45, 7) is 7.63. The Hall–Kier alpha value is -2.96. The summed E-state index contributed by atoms with van der Waals surface area (Å²) < 4.78 is 16.9. The lowest BCUT2D eigenvalue weighted by Crippen LogP contribution is -2.46. The Kier molecular flexibility index (Phi) is 7.73. The summed E-state index contributed by atoms with van der Waals surface area (Å²) in [6.07, 6.45) is 2.56. The topological polar surface area (TPSA) is 52.9 Å². The maximum atomic E-state index is 14.1. The van der Waals surface area contributed by atoms with Crippen LogP contribution in [0.1, 0.15) is 41.2 Å². The number of nitrogens with zero attached hydrogens (tertiary/aromatic N) is 4. The van der Waals surface area contributed by atoms with Gasteiger partial charge < -0.3 is 15.1 Å². The van der Waals surface area contributed by atoms with E-state index in [1.807, 2.05) is 53.9 Å². The highest BCUT2D eigenvalue weighted by Crippen LogP contribution is 2.33. The van der Waals surface area contributed by atoms with Crippen LogP contribution in [0.4, 0.5) is 15.8 Å². The summed E-state index contributed by atoms with van der Waals surface area (Å²) in [6, 6.07) is 20.0. The first-order valence-electron chi connectivity index (χ1n) is 12.8. The van der Waals surface area contributed by atoms with Crippen molar-refractivity contribution in [3.8, 4) is 0 Å². The number of benzene rings is 2. The number of amides is 1. The fraction of sp³-hybridized carbons (Fsp3) is 0.310. The van der Waals surface area contributed by atoms with Gasteiger partial charge in [0.15, 0.2) is 0 Å². The first kappa shape index (κ1) is 26.6. The van der Waals surface area contributed by atoms with Crippen molar-refractivity contribution in [3.63, 3.8) is 0 Å². The van der Waals surface area contributed by atoms with Crippen LogP contribution < -0.4 is 15.1 Å². The summed E-state index contributed by atoms with van der Waals surface area (Å²) in [5.74, 6) is -0.130. The molecule has 0 bridgehead atoms. The Morgan fingerprint density at radius 1 is 1.00 bits per heavy atom. The van der Waals surface area contributed by atoms with E-state index in [1.54, 1.807) is 6.92 Å². The molecule has 3 heterocycles. The van der Waals surface area contributed by atoms with Gasteiger partial charge in [0.05, 0.1) is 5.69 Å². The molecule has 6 nitrogen and oxygen atoms in total. The fourth-order valence-electron chi connectivity index (χ4n) is 4.87. The number of rotatable bonds is 7. The number of aryl methyl sites for hydroxylation is 1. The Morgan fingerprint density at radius 3 is 2.13 bits per heavy atom. The molecule has 5 rings (SSSR count). The number of fused-ring (bicyclic) bond motifs is 1. The molecule has 1 aliphatic rings. The largest absolute Gasteiger partial charge is 0.368 e. The van der Waals surface area contributed by atoms with Crippen molar-refractivity contribution in [1.82, 2.24) is 14.7 Å². The van der Waals surface area contributed by atoms with E-state index in [1.165, 1.54) is 5.69 Å². The van der Waals surface area contributed by atoms with Crippen LogP contribution in [0.25, 0.3) is 5.65 Å². The second-order valence-corrected chi connectivity index (χ2v) is 11.8. The van der Waals surface area contributed by atoms with Gasteiger partial charge in [-0.3, -0.25) is 9.20 Å². The maximum absolute atomic E-state index is 14.1. The van der Waals surface area contributed by atoms with E-state index in [-0.39, 0.29) is 5.91 Å². The van der Waals surface area contributed by atoms with Crippen LogP contribution in [0.3, 0.4) is 0 Å². The molecule has 1 fully saturated rings. The van der Waals surface area contributed by atoms with Crippen molar-refractivity contribution in [2.45, 2.75) is 32.2 Å². The Balaban J connectivity index is 1.17. The van der Waals surface area contributed by atoms with Gasteiger partial charge in [-0.2, -0.15) is 0 Å². The molecule has 198 valence electrons. The molecule has 1 aliphatic heterocycles. The second kappa shape index (κ2) is 11.0. The number of anilines is 2. The standard InChI is InChI=1S/C29H32BrFN5OP/c1-3-25-27(36-19-22(30)8-13-26(36)33-25)28(37)32-18-20-4-9-23(10-5-20)34-14-16-35(17-15-34)24-11-6-21(7-12-24)29(2,31)38/h4-13,19H,3,14-18,38H2,1-2H3,(H,32,37). The average Bonchev–Trinajstić information content (AvgIpc) is 3.29. The minimum atomic E-state index is -1.41. The van der Waals surface area contributed by atoms with Crippen LogP contribution in [0.15, 0.2) is 71.3 Å². The zero-order valence-corrected chi connectivity index (χ0v) is 24.4. The quantitative estimate of drug-likeness (QED) is 0.269. The predicted molar refractivity (Wildman–Crippen MR) is 159 cm³/mol. The molecule has 1 saturated heterocycles. The zero-order chi connectivity index (χ0) is 26.9. The van der Waals surface area contributed by atoms with Crippen LogP contribution >= 0.6 is 25.2 Å². The highest BCUT2D eigenvalue weighted by molar-refractivity contribution is 9.10. The predicted octanol–water partition coefficient (Wildman–Crippen LogP) is 5.93. The molecule has 2 atom stereocenters. The van der Waals surface area contributed by atoms with Crippen LogP contribution in [0, 0.1) is 0 Å². The number of carbonyl (C=O) groups excluding carboxylic acids is 1. The van der Waals surface area contributed by atoms with E-state index in [0.29, 0.717) is 24.2 Å². The van der Waals surface area contributed by atoms with Crippen molar-refractivity contribution in [3.05, 3.63) is 93.8 Å². The smallest absolute Gasteiger partial charge is 0.270 e. The molecular weight excluding hydrogens is 564 g/mol. The van der Waals surface area contributed by atoms with E-state index in [0.717, 1.165) is 53.2 Å². The molecule has 4 aromatic rings. The number of carbonyl (C=O) groups is 1. The first-order chi connectivity index (χ1) is 18.2. The number of piperazine rings is 1. The lowest BCUT2D eigenvalue weighted by Gasteiger charge is -2.37. The maximum Gasteiger partial charge on any atom is 0.270 e. The van der Waals surface area contributed by atoms with E-state index >= 15 is 0 Å². The number of imidazole rings is 1. The summed E-state index contributed by atoms with van der Waals surface area (Å²) >= 11 is 3.49. The molecule has 1 N–H and O–H groups in total. The third kappa shape index (κ3) is 5.71. The molecule has 0 aliphatic carbocycles. The van der Waals surface area contributed by atoms with Crippen molar-refractivity contribution >= 4 is 48.1 Å². The first-order valence-corrected chi connectivity index (χ1v) is 14.2. The Labute approximate surface area is 233 Å². The van der Waals surface area contributed by atoms with Crippen molar-refractivity contribution < 1.29 is 9.18 Å². The molecular formula is C29H32BrFN5OP. The molecule has 0 saturated carbocycles. The lowest BCUT2D eigenvalue weighted by molar-refractivity contribution is 0.0944. The zero-order valence-electron chi connectivity index (χ0n) is 21.6. The fourth-order valence-corrected chi connectivity index (χ4v) is 5.40. The average molecular weight is 596 g/mol. The Morgan fingerprint density at radius 2 is 1.58 bits per heavy atom. The molecule has 1 amide bonds. The number of alkyl halides is 1. The SMILES string of the molecule is CCc1nc2ccc(Br)cn2c1C(=O)NCc1ccc(N2CCN(c3ccc(C(C)(F)P)cc3)CC2)cc1. The summed E-state index contributed by atoms with van der Waals surface area (Å²) in [4.78, 5) is 22.4. The minimum absolute atomic E-state index is 0.130. The van der Waals surface area contributed by atoms with E-state index in [2.05, 4.69) is 69.5 Å². The van der Waals surface area contributed by atoms with Crippen molar-refractivity contribution in [1.29, 1.82) is 0 Å². The minimum Gasteiger partial charge on any atom is -0.368 e. The molecule has 2 aromatic carbocycles. The normalized spacial score (nSPS) is 15.5. The van der Waals surface area contributed by atoms with E-state index in [4.69, 9.17) is 0 Å². The van der Waals surface area contributed by atoms with Gasteiger partial charge >= 0.3 is 0 Å². The Bertz CT molecular complexity index is 1420. The van der Waals surface area contributed by atoms with Gasteiger partial charge in [0.2, 0.25) is 0 Å². The number of aromatic nitrogens is 2. The summed E-state index contributed by atoms with van der Waals surface area (Å²) in [5, 5.41) is 1.66. The van der Waals surface area contributed by atoms with Gasteiger partial charge in [-0.05, 0) is 76.8 Å². The van der Waals surface area contributed by atoms with Gasteiger partial charge in [-0.1, -0.05) is 40.4 Å². The van der Waals surface area contributed by atoms with E-state index in [9.17, 15) is 9.18 Å². The number of halogens is 2. The third-order valence-corrected chi connectivity index (χ3v) is 7.84. The molecule has 0 spiro atoms. The summed E-state index contributed by atoms with van der Waals surface area (Å²) in [7, 11) is 2.25. The third-order valence-electron chi connectivity index (χ3n) is 7.04. The van der Waals surface area contributed by atoms with Crippen LogP contribution in [-0.4, -0.2) is 41.5 Å². The molecule has 9 heteroatoms. The highest BCUT2D eigenvalue weighted by Gasteiger charge is 2.21. The van der Waals surface area contributed by atoms with Gasteiger partial charge in [-0.15, -0.1) is 0 Å². The monoisotopic (exact) mass is 595 g/mol. The summed E-state index contributed by atoms with van der Waals surface area (Å²) in [5.41, 5.74) is 6.14. The van der Waals surface area contributed by atoms with Crippen molar-refractivity contribution in [2.24, 2.45) is 0 Å². The van der Waals surface area contributed by atoms with Crippen LogP contribution in [0.2, 0.25) is 0 Å². The van der Waals surface area contributed by atoms with Crippen LogP contribution in [-0.2, 0) is 18.4 Å². The van der Waals surface area contributed by atoms with Gasteiger partial charge in [0, 0.05) is 54.8 Å². The molecule has 2 unspecified atom stereocenters. The number of hydrogen-bond acceptors (Lipinski definition) is 4. The number of hydrogen-bond donors (Lipinski definition) is 1. The second-order valence-electron chi connectivity index (χ2n) is 9.78.